The predicted octanol–water partition coefficient (Wildman–Crippen LogP) is 3.67. The van der Waals surface area contributed by atoms with Crippen molar-refractivity contribution >= 4 is 16.9 Å². The molecule has 0 N–H and O–H groups in total. The molecule has 1 heterocycles. The Balaban J connectivity index is 2.23. The minimum absolute atomic E-state index is 0.0893. The number of ether oxygens (including phenoxy) is 1. The van der Waals surface area contributed by atoms with Gasteiger partial charge in [0.25, 0.3) is 0 Å². The number of rotatable bonds is 4. The second-order valence-electron chi connectivity index (χ2n) is 5.81. The fourth-order valence-corrected chi connectivity index (χ4v) is 2.83. The Kier molecular flexibility index (Phi) is 4.65. The molecule has 3 aromatic rings. The van der Waals surface area contributed by atoms with Crippen LogP contribution in [0.15, 0.2) is 53.5 Å². The highest BCUT2D eigenvalue weighted by Crippen LogP contribution is 2.17. The molecule has 2 aromatic carbocycles. The maximum absolute atomic E-state index is 13.7. The van der Waals surface area contributed by atoms with E-state index in [0.29, 0.717) is 12.1 Å². The van der Waals surface area contributed by atoms with Crippen LogP contribution in [0, 0.1) is 12.7 Å². The van der Waals surface area contributed by atoms with Gasteiger partial charge in [0.2, 0.25) is 5.43 Å². The number of fused-ring (bicyclic) bond motifs is 1. The van der Waals surface area contributed by atoms with Gasteiger partial charge in [0.1, 0.15) is 11.4 Å². The second-order valence-corrected chi connectivity index (χ2v) is 5.81. The molecular formula is C20H18FNO3. The van der Waals surface area contributed by atoms with Gasteiger partial charge in [-0.3, -0.25) is 4.79 Å². The first kappa shape index (κ1) is 16.9. The van der Waals surface area contributed by atoms with Crippen LogP contribution >= 0.6 is 0 Å². The van der Waals surface area contributed by atoms with Gasteiger partial charge >= 0.3 is 5.97 Å². The van der Waals surface area contributed by atoms with Crippen LogP contribution in [-0.2, 0) is 11.3 Å². The molecule has 0 unspecified atom stereocenters. The van der Waals surface area contributed by atoms with Crippen molar-refractivity contribution in [1.29, 1.82) is 0 Å². The molecule has 3 rings (SSSR count). The summed E-state index contributed by atoms with van der Waals surface area (Å²) in [5, 5.41) is 0.166. The molecule has 5 heteroatoms. The summed E-state index contributed by atoms with van der Waals surface area (Å²) < 4.78 is 20.4. The number of carbonyl (C=O) groups excluding carboxylic acids is 1. The van der Waals surface area contributed by atoms with Crippen molar-refractivity contribution < 1.29 is 13.9 Å². The van der Waals surface area contributed by atoms with E-state index in [9.17, 15) is 14.0 Å². The van der Waals surface area contributed by atoms with Crippen molar-refractivity contribution in [1.82, 2.24) is 4.57 Å². The van der Waals surface area contributed by atoms with Gasteiger partial charge in [0.15, 0.2) is 0 Å². The van der Waals surface area contributed by atoms with Gasteiger partial charge in [0.05, 0.1) is 12.1 Å². The van der Waals surface area contributed by atoms with E-state index in [1.807, 2.05) is 31.2 Å². The van der Waals surface area contributed by atoms with Gasteiger partial charge in [-0.05, 0) is 43.2 Å². The smallest absolute Gasteiger partial charge is 0.343 e. The first-order valence-corrected chi connectivity index (χ1v) is 8.05. The van der Waals surface area contributed by atoms with E-state index in [1.165, 1.54) is 12.3 Å². The van der Waals surface area contributed by atoms with Crippen molar-refractivity contribution in [3.8, 4) is 0 Å². The van der Waals surface area contributed by atoms with E-state index in [2.05, 4.69) is 0 Å². The molecule has 0 spiro atoms. The Hall–Kier alpha value is -2.95. The van der Waals surface area contributed by atoms with Crippen LogP contribution in [0.1, 0.15) is 28.4 Å². The standard InChI is InChI=1S/C20H18FNO3/c1-3-25-20(24)17-12-22(11-14-7-5-4-6-13(14)2)18-9-8-15(21)10-16(18)19(17)23/h4-10,12H,3,11H2,1-2H3. The van der Waals surface area contributed by atoms with Crippen molar-refractivity contribution in [2.45, 2.75) is 20.4 Å². The summed E-state index contributed by atoms with van der Waals surface area (Å²) in [6.45, 7) is 4.29. The van der Waals surface area contributed by atoms with Crippen LogP contribution in [0.4, 0.5) is 4.39 Å². The van der Waals surface area contributed by atoms with Gasteiger partial charge in [0, 0.05) is 18.1 Å². The molecule has 0 amide bonds. The van der Waals surface area contributed by atoms with E-state index >= 15 is 0 Å². The largest absolute Gasteiger partial charge is 0.462 e. The quantitative estimate of drug-likeness (QED) is 0.681. The third kappa shape index (κ3) is 3.31. The summed E-state index contributed by atoms with van der Waals surface area (Å²) in [6.07, 6.45) is 1.49. The number of esters is 1. The second kappa shape index (κ2) is 6.89. The fraction of sp³-hybridized carbons (Fsp3) is 0.200. The molecule has 0 saturated carbocycles. The Labute approximate surface area is 144 Å². The van der Waals surface area contributed by atoms with Crippen molar-refractivity contribution in [2.75, 3.05) is 6.61 Å². The van der Waals surface area contributed by atoms with Crippen LogP contribution in [-0.4, -0.2) is 17.1 Å². The number of aryl methyl sites for hydroxylation is 1. The summed E-state index contributed by atoms with van der Waals surface area (Å²) in [6, 6.07) is 11.9. The highest BCUT2D eigenvalue weighted by Gasteiger charge is 2.17. The van der Waals surface area contributed by atoms with Gasteiger partial charge in [-0.2, -0.15) is 0 Å². The number of halogens is 1. The van der Waals surface area contributed by atoms with Crippen LogP contribution < -0.4 is 5.43 Å². The third-order valence-corrected chi connectivity index (χ3v) is 4.14. The number of benzene rings is 2. The molecule has 4 nitrogen and oxygen atoms in total. The number of hydrogen-bond acceptors (Lipinski definition) is 3. The van der Waals surface area contributed by atoms with Crippen molar-refractivity contribution in [3.05, 3.63) is 81.4 Å². The Morgan fingerprint density at radius 1 is 1.20 bits per heavy atom. The normalized spacial score (nSPS) is 10.8. The van der Waals surface area contributed by atoms with E-state index in [0.717, 1.165) is 17.2 Å². The third-order valence-electron chi connectivity index (χ3n) is 4.14. The summed E-state index contributed by atoms with van der Waals surface area (Å²) in [4.78, 5) is 24.7. The molecule has 0 radical (unpaired) electrons. The molecule has 0 aliphatic rings. The molecule has 0 fully saturated rings. The first-order chi connectivity index (χ1) is 12.0. The number of pyridine rings is 1. The molecule has 0 bridgehead atoms. The lowest BCUT2D eigenvalue weighted by Crippen LogP contribution is -2.21. The lowest BCUT2D eigenvalue weighted by atomic mass is 10.1. The average Bonchev–Trinajstić information content (AvgIpc) is 2.59. The molecule has 0 saturated heterocycles. The highest BCUT2D eigenvalue weighted by atomic mass is 19.1. The minimum Gasteiger partial charge on any atom is -0.462 e. The summed E-state index contributed by atoms with van der Waals surface area (Å²) in [7, 11) is 0. The number of aromatic nitrogens is 1. The minimum atomic E-state index is -0.697. The van der Waals surface area contributed by atoms with Gasteiger partial charge in [-0.1, -0.05) is 24.3 Å². The molecule has 25 heavy (non-hydrogen) atoms. The first-order valence-electron chi connectivity index (χ1n) is 8.05. The van der Waals surface area contributed by atoms with E-state index in [-0.39, 0.29) is 17.6 Å². The van der Waals surface area contributed by atoms with E-state index in [4.69, 9.17) is 4.74 Å². The molecule has 0 atom stereocenters. The zero-order chi connectivity index (χ0) is 18.0. The molecule has 128 valence electrons. The molecule has 0 aliphatic heterocycles. The monoisotopic (exact) mass is 339 g/mol. The number of hydrogen-bond donors (Lipinski definition) is 0. The highest BCUT2D eigenvalue weighted by molar-refractivity contribution is 5.93. The summed E-state index contributed by atoms with van der Waals surface area (Å²) in [5.41, 5.74) is 2.10. The molecular weight excluding hydrogens is 321 g/mol. The van der Waals surface area contributed by atoms with Crippen LogP contribution in [0.3, 0.4) is 0 Å². The molecule has 1 aromatic heterocycles. The summed E-state index contributed by atoms with van der Waals surface area (Å²) >= 11 is 0. The average molecular weight is 339 g/mol. The van der Waals surface area contributed by atoms with Gasteiger partial charge in [-0.15, -0.1) is 0 Å². The van der Waals surface area contributed by atoms with E-state index < -0.39 is 17.2 Å². The van der Waals surface area contributed by atoms with Crippen LogP contribution in [0.25, 0.3) is 10.9 Å². The zero-order valence-electron chi connectivity index (χ0n) is 14.1. The lowest BCUT2D eigenvalue weighted by molar-refractivity contribution is 0.0524. The number of carbonyl (C=O) groups is 1. The Morgan fingerprint density at radius 3 is 2.68 bits per heavy atom. The van der Waals surface area contributed by atoms with Crippen molar-refractivity contribution in [2.24, 2.45) is 0 Å². The van der Waals surface area contributed by atoms with Crippen LogP contribution in [0.2, 0.25) is 0 Å². The Morgan fingerprint density at radius 2 is 1.96 bits per heavy atom. The topological polar surface area (TPSA) is 48.3 Å². The maximum atomic E-state index is 13.7. The Bertz CT molecular complexity index is 1010. The van der Waals surface area contributed by atoms with Gasteiger partial charge in [-0.25, -0.2) is 9.18 Å². The van der Waals surface area contributed by atoms with E-state index in [1.54, 1.807) is 17.6 Å². The van der Waals surface area contributed by atoms with Gasteiger partial charge < -0.3 is 9.30 Å². The molecule has 0 aliphatic carbocycles. The van der Waals surface area contributed by atoms with Crippen molar-refractivity contribution in [3.63, 3.8) is 0 Å². The van der Waals surface area contributed by atoms with Crippen LogP contribution in [0.5, 0.6) is 0 Å². The maximum Gasteiger partial charge on any atom is 0.343 e. The summed E-state index contributed by atoms with van der Waals surface area (Å²) in [5.74, 6) is -1.22. The lowest BCUT2D eigenvalue weighted by Gasteiger charge is -2.14. The predicted molar refractivity (Wildman–Crippen MR) is 94.4 cm³/mol. The zero-order valence-corrected chi connectivity index (χ0v) is 14.1. The number of nitrogens with zero attached hydrogens (tertiary/aromatic N) is 1. The SMILES string of the molecule is CCOC(=O)c1cn(Cc2ccccc2C)c2ccc(F)cc2c1=O. The fourth-order valence-electron chi connectivity index (χ4n) is 2.83.